The molecular formula is C20H22BrNO4. The Morgan fingerprint density at radius 3 is 2.46 bits per heavy atom. The van der Waals surface area contributed by atoms with Gasteiger partial charge in [-0.05, 0) is 31.6 Å². The third-order valence-electron chi connectivity index (χ3n) is 4.13. The quantitative estimate of drug-likeness (QED) is 0.393. The van der Waals surface area contributed by atoms with Crippen LogP contribution in [0.5, 0.6) is 0 Å². The number of carbonyl (C=O) groups excluding carboxylic acids is 2. The van der Waals surface area contributed by atoms with E-state index in [0.717, 1.165) is 16.5 Å². The Balaban J connectivity index is 2.53. The molecule has 0 fully saturated rings. The summed E-state index contributed by atoms with van der Waals surface area (Å²) in [6, 6.07) is 7.75. The van der Waals surface area contributed by atoms with Gasteiger partial charge >= 0.3 is 11.9 Å². The molecule has 0 aliphatic heterocycles. The molecule has 1 aromatic heterocycles. The smallest absolute Gasteiger partial charge is 0.324 e. The van der Waals surface area contributed by atoms with Gasteiger partial charge in [-0.1, -0.05) is 34.1 Å². The summed E-state index contributed by atoms with van der Waals surface area (Å²) < 4.78 is 10.5. The summed E-state index contributed by atoms with van der Waals surface area (Å²) in [5.74, 6) is -1.17. The first-order valence-electron chi connectivity index (χ1n) is 8.48. The number of aromatic amines is 1. The van der Waals surface area contributed by atoms with Crippen molar-refractivity contribution in [2.24, 2.45) is 5.41 Å². The second-order valence-electron chi connectivity index (χ2n) is 5.74. The fraction of sp³-hybridized carbons (Fsp3) is 0.350. The molecule has 138 valence electrons. The van der Waals surface area contributed by atoms with Crippen LogP contribution < -0.4 is 0 Å². The monoisotopic (exact) mass is 419 g/mol. The molecule has 0 saturated carbocycles. The van der Waals surface area contributed by atoms with E-state index in [-0.39, 0.29) is 26.1 Å². The van der Waals surface area contributed by atoms with Gasteiger partial charge in [-0.3, -0.25) is 9.59 Å². The molecular weight excluding hydrogens is 398 g/mol. The fourth-order valence-corrected chi connectivity index (χ4v) is 3.07. The van der Waals surface area contributed by atoms with E-state index < -0.39 is 17.4 Å². The number of H-pyrrole nitrogens is 1. The Kier molecular flexibility index (Phi) is 7.25. The zero-order chi connectivity index (χ0) is 19.0. The van der Waals surface area contributed by atoms with Crippen LogP contribution in [0.4, 0.5) is 0 Å². The minimum absolute atomic E-state index is 0.131. The van der Waals surface area contributed by atoms with E-state index in [1.54, 1.807) is 24.9 Å². The lowest BCUT2D eigenvalue weighted by molar-refractivity contribution is -0.171. The highest BCUT2D eigenvalue weighted by Crippen LogP contribution is 2.34. The number of nitrogens with one attached hydrogen (secondary N) is 1. The van der Waals surface area contributed by atoms with E-state index in [0.29, 0.717) is 0 Å². The molecule has 6 heteroatoms. The van der Waals surface area contributed by atoms with E-state index in [2.05, 4.69) is 26.6 Å². The number of allylic oxidation sites excluding steroid dienone is 1. The largest absolute Gasteiger partial charge is 0.465 e. The van der Waals surface area contributed by atoms with Crippen molar-refractivity contribution in [3.63, 3.8) is 0 Å². The predicted octanol–water partition coefficient (Wildman–Crippen LogP) is 4.28. The molecule has 0 amide bonds. The third kappa shape index (κ3) is 4.26. The molecule has 0 unspecified atom stereocenters. The molecule has 2 aromatic rings. The normalized spacial score (nSPS) is 10.9. The highest BCUT2D eigenvalue weighted by Gasteiger charge is 2.48. The van der Waals surface area contributed by atoms with Crippen molar-refractivity contribution in [1.82, 2.24) is 4.98 Å². The number of rotatable bonds is 8. The van der Waals surface area contributed by atoms with Crippen LogP contribution in [0.1, 0.15) is 25.8 Å². The van der Waals surface area contributed by atoms with E-state index in [9.17, 15) is 9.59 Å². The molecule has 0 spiro atoms. The van der Waals surface area contributed by atoms with Crippen molar-refractivity contribution < 1.29 is 19.1 Å². The molecule has 5 nitrogen and oxygen atoms in total. The maximum absolute atomic E-state index is 12.8. The van der Waals surface area contributed by atoms with Gasteiger partial charge in [-0.25, -0.2) is 0 Å². The molecule has 0 aliphatic rings. The summed E-state index contributed by atoms with van der Waals surface area (Å²) in [6.07, 6.45) is 3.76. The van der Waals surface area contributed by atoms with Crippen LogP contribution in [0, 0.1) is 5.41 Å². The van der Waals surface area contributed by atoms with Gasteiger partial charge in [0.05, 0.1) is 13.2 Å². The number of benzene rings is 1. The molecule has 1 aromatic carbocycles. The molecule has 0 radical (unpaired) electrons. The van der Waals surface area contributed by atoms with Gasteiger partial charge < -0.3 is 14.5 Å². The van der Waals surface area contributed by atoms with Crippen LogP contribution in [0.2, 0.25) is 0 Å². The first-order chi connectivity index (χ1) is 12.6. The topological polar surface area (TPSA) is 68.4 Å². The summed E-state index contributed by atoms with van der Waals surface area (Å²) in [5, 5.41) is 0.963. The summed E-state index contributed by atoms with van der Waals surface area (Å²) >= 11 is 3.14. The van der Waals surface area contributed by atoms with Crippen molar-refractivity contribution in [3.05, 3.63) is 52.8 Å². The molecule has 2 rings (SSSR count). The Labute approximate surface area is 161 Å². The highest BCUT2D eigenvalue weighted by molar-refractivity contribution is 9.11. The van der Waals surface area contributed by atoms with Crippen LogP contribution >= 0.6 is 15.9 Å². The summed E-state index contributed by atoms with van der Waals surface area (Å²) in [5.41, 5.74) is 3.20. The number of ether oxygens (including phenoxy) is 2. The van der Waals surface area contributed by atoms with Crippen LogP contribution in [-0.4, -0.2) is 30.1 Å². The second kappa shape index (κ2) is 9.41. The van der Waals surface area contributed by atoms with Crippen LogP contribution in [0.15, 0.2) is 47.3 Å². The molecule has 0 saturated heterocycles. The number of carbonyl (C=O) groups is 2. The van der Waals surface area contributed by atoms with Gasteiger partial charge in [-0.15, -0.1) is 5.73 Å². The van der Waals surface area contributed by atoms with E-state index in [1.807, 2.05) is 30.5 Å². The van der Waals surface area contributed by atoms with E-state index in [4.69, 9.17) is 9.47 Å². The average Bonchev–Trinajstić information content (AvgIpc) is 3.04. The van der Waals surface area contributed by atoms with Crippen molar-refractivity contribution in [1.29, 1.82) is 0 Å². The Morgan fingerprint density at radius 1 is 1.19 bits per heavy atom. The Morgan fingerprint density at radius 2 is 1.85 bits per heavy atom. The van der Waals surface area contributed by atoms with Gasteiger partial charge in [0.15, 0.2) is 5.41 Å². The molecule has 26 heavy (non-hydrogen) atoms. The van der Waals surface area contributed by atoms with Crippen LogP contribution in [0.3, 0.4) is 0 Å². The summed E-state index contributed by atoms with van der Waals surface area (Å²) in [4.78, 5) is 30.4. The number of para-hydroxylation sites is 1. The summed E-state index contributed by atoms with van der Waals surface area (Å²) in [7, 11) is 0. The minimum Gasteiger partial charge on any atom is -0.465 e. The van der Waals surface area contributed by atoms with E-state index >= 15 is 0 Å². The van der Waals surface area contributed by atoms with Crippen molar-refractivity contribution in [2.75, 3.05) is 13.2 Å². The Bertz CT molecular complexity index is 815. The number of aromatic nitrogens is 1. The number of halogens is 1. The SMILES string of the molecule is CCOC(=O)C(CC=C=CBr)(Cc1c[nH]c2ccccc12)C(=O)OCC. The second-order valence-corrected chi connectivity index (χ2v) is 6.20. The van der Waals surface area contributed by atoms with Gasteiger partial charge in [0.25, 0.3) is 0 Å². The maximum Gasteiger partial charge on any atom is 0.324 e. The Hall–Kier alpha value is -2.30. The number of hydrogen-bond acceptors (Lipinski definition) is 4. The van der Waals surface area contributed by atoms with Crippen molar-refractivity contribution in [3.8, 4) is 0 Å². The van der Waals surface area contributed by atoms with Crippen LogP contribution in [0.25, 0.3) is 10.9 Å². The van der Waals surface area contributed by atoms with E-state index in [1.165, 1.54) is 0 Å². The van der Waals surface area contributed by atoms with Gasteiger partial charge in [-0.2, -0.15) is 0 Å². The van der Waals surface area contributed by atoms with Gasteiger partial charge in [0.2, 0.25) is 0 Å². The number of esters is 2. The molecule has 1 heterocycles. The first kappa shape index (κ1) is 20.0. The highest BCUT2D eigenvalue weighted by atomic mass is 79.9. The van der Waals surface area contributed by atoms with Crippen molar-refractivity contribution >= 4 is 38.8 Å². The lowest BCUT2D eigenvalue weighted by atomic mass is 9.78. The average molecular weight is 420 g/mol. The standard InChI is InChI=1S/C20H22BrNO4/c1-3-25-18(23)20(11-7-8-12-21,19(24)26-4-2)13-15-14-22-17-10-6-5-9-16(15)17/h5-7,9-10,12,14,22H,3-4,11,13H2,1-2H3. The first-order valence-corrected chi connectivity index (χ1v) is 9.39. The van der Waals surface area contributed by atoms with Gasteiger partial charge in [0.1, 0.15) is 0 Å². The number of hydrogen-bond donors (Lipinski definition) is 1. The third-order valence-corrected chi connectivity index (χ3v) is 4.40. The maximum atomic E-state index is 12.8. The zero-order valence-corrected chi connectivity index (χ0v) is 16.5. The fourth-order valence-electron chi connectivity index (χ4n) is 2.89. The number of fused-ring (bicyclic) bond motifs is 1. The lowest BCUT2D eigenvalue weighted by Gasteiger charge is -2.27. The van der Waals surface area contributed by atoms with Crippen molar-refractivity contribution in [2.45, 2.75) is 26.7 Å². The predicted molar refractivity (Wildman–Crippen MR) is 104 cm³/mol. The lowest BCUT2D eigenvalue weighted by Crippen LogP contribution is -2.43. The zero-order valence-electron chi connectivity index (χ0n) is 14.9. The molecule has 0 bridgehead atoms. The minimum atomic E-state index is -1.46. The molecule has 0 aliphatic carbocycles. The molecule has 0 atom stereocenters. The van der Waals surface area contributed by atoms with Gasteiger partial charge in [0, 0.05) is 34.9 Å². The molecule has 1 N–H and O–H groups in total. The summed E-state index contributed by atoms with van der Waals surface area (Å²) in [6.45, 7) is 3.80. The van der Waals surface area contributed by atoms with Crippen LogP contribution in [-0.2, 0) is 25.5 Å².